The molecule has 48 heavy (non-hydrogen) atoms. The predicted molar refractivity (Wildman–Crippen MR) is 193 cm³/mol. The van der Waals surface area contributed by atoms with E-state index in [2.05, 4.69) is 32.2 Å². The van der Waals surface area contributed by atoms with E-state index >= 15 is 0 Å². The maximum Gasteiger partial charge on any atom is 0.277 e. The Morgan fingerprint density at radius 3 is 2.25 bits per heavy atom. The molecule has 0 aliphatic rings. The van der Waals surface area contributed by atoms with Gasteiger partial charge in [-0.3, -0.25) is 14.7 Å². The van der Waals surface area contributed by atoms with Crippen LogP contribution in [0.3, 0.4) is 0 Å². The summed E-state index contributed by atoms with van der Waals surface area (Å²) in [6, 6.07) is 22.1. The normalized spacial score (nSPS) is 11.7. The van der Waals surface area contributed by atoms with E-state index in [-0.39, 0.29) is 42.2 Å². The van der Waals surface area contributed by atoms with Crippen molar-refractivity contribution in [1.82, 2.24) is 29.5 Å². The van der Waals surface area contributed by atoms with Gasteiger partial charge in [-0.1, -0.05) is 78.8 Å². The summed E-state index contributed by atoms with van der Waals surface area (Å²) < 4.78 is 15.3. The Morgan fingerprint density at radius 1 is 0.979 bits per heavy atom. The minimum absolute atomic E-state index is 0. The molecule has 0 radical (unpaired) electrons. The molecule has 0 spiro atoms. The minimum Gasteiger partial charge on any atom is -0.337 e. The van der Waals surface area contributed by atoms with Crippen LogP contribution in [0.5, 0.6) is 0 Å². The molecular formula is C36H39Cl2FN6O2S. The Labute approximate surface area is 295 Å². The minimum atomic E-state index is -0.354. The first-order chi connectivity index (χ1) is 22.7. The second-order valence-electron chi connectivity index (χ2n) is 11.8. The summed E-state index contributed by atoms with van der Waals surface area (Å²) >= 11 is 7.41. The monoisotopic (exact) mass is 708 g/mol. The lowest BCUT2D eigenvalue weighted by atomic mass is 9.98. The molecule has 3 aromatic carbocycles. The van der Waals surface area contributed by atoms with Crippen LogP contribution in [-0.2, 0) is 23.6 Å². The average Bonchev–Trinajstić information content (AvgIpc) is 3.61. The molecule has 5 rings (SSSR count). The van der Waals surface area contributed by atoms with Gasteiger partial charge in [0.25, 0.3) is 5.56 Å². The zero-order chi connectivity index (χ0) is 33.3. The number of amides is 1. The number of aromatic amines is 1. The first kappa shape index (κ1) is 36.9. The highest BCUT2D eigenvalue weighted by molar-refractivity contribution is 7.98. The number of thioether (sulfide) groups is 1. The maximum absolute atomic E-state index is 14.1. The van der Waals surface area contributed by atoms with Gasteiger partial charge in [0.1, 0.15) is 12.4 Å². The summed E-state index contributed by atoms with van der Waals surface area (Å²) in [5.74, 6) is -0.210. The van der Waals surface area contributed by atoms with Gasteiger partial charge in [-0.2, -0.15) is 10.1 Å². The molecular weight excluding hydrogens is 670 g/mol. The summed E-state index contributed by atoms with van der Waals surface area (Å²) in [5, 5.41) is 7.95. The zero-order valence-corrected chi connectivity index (χ0v) is 29.5. The number of hydrogen-bond donors (Lipinski definition) is 1. The van der Waals surface area contributed by atoms with Gasteiger partial charge < -0.3 is 14.4 Å². The van der Waals surface area contributed by atoms with Crippen LogP contribution >= 0.6 is 35.8 Å². The van der Waals surface area contributed by atoms with E-state index in [1.165, 1.54) is 23.9 Å². The van der Waals surface area contributed by atoms with E-state index in [1.807, 2.05) is 62.3 Å². The summed E-state index contributed by atoms with van der Waals surface area (Å²) in [7, 11) is 4.03. The van der Waals surface area contributed by atoms with Crippen LogP contribution in [-0.4, -0.2) is 62.6 Å². The Kier molecular flexibility index (Phi) is 13.4. The fourth-order valence-electron chi connectivity index (χ4n) is 5.21. The van der Waals surface area contributed by atoms with Crippen molar-refractivity contribution in [2.75, 3.05) is 27.2 Å². The molecule has 2 aromatic heterocycles. The molecule has 0 saturated carbocycles. The van der Waals surface area contributed by atoms with Crippen LogP contribution in [0, 0.1) is 5.82 Å². The van der Waals surface area contributed by atoms with Crippen LogP contribution in [0.15, 0.2) is 101 Å². The predicted octanol–water partition coefficient (Wildman–Crippen LogP) is 7.27. The van der Waals surface area contributed by atoms with Crippen molar-refractivity contribution in [3.05, 3.63) is 135 Å². The van der Waals surface area contributed by atoms with E-state index in [4.69, 9.17) is 11.6 Å². The van der Waals surface area contributed by atoms with Crippen molar-refractivity contribution >= 4 is 41.7 Å². The Morgan fingerprint density at radius 2 is 1.62 bits per heavy atom. The standard InChI is InChI=1S/C36H38ClFN6O2S.ClH/c1-25(30-19-39-40-20-30)33-22-44(36(41-35(33)46)47-24-27-7-15-32(38)16-8-27)23-34(45)43(18-4-17-42(2)3)21-26-5-9-28(10-6-26)29-11-13-31(37)14-12-29;/h5-16,19-20,22,25H,4,17-18,21,23-24H2,1-3H3,(H,39,40);1H. The zero-order valence-electron chi connectivity index (χ0n) is 27.1. The van der Waals surface area contributed by atoms with E-state index in [1.54, 1.807) is 35.3 Å². The lowest BCUT2D eigenvalue weighted by Gasteiger charge is -2.25. The number of nitrogens with one attached hydrogen (secondary N) is 1. The molecule has 1 N–H and O–H groups in total. The quantitative estimate of drug-likeness (QED) is 0.0965. The van der Waals surface area contributed by atoms with Crippen LogP contribution in [0.25, 0.3) is 11.1 Å². The van der Waals surface area contributed by atoms with Crippen molar-refractivity contribution in [1.29, 1.82) is 0 Å². The topological polar surface area (TPSA) is 87.1 Å². The SMILES string of the molecule is CC(c1cn[nH]c1)c1cn(CC(=O)N(CCCN(C)C)Cc2ccc(-c3ccc(Cl)cc3)cc2)c(SCc2ccc(F)cc2)nc1=O.Cl. The Balaban J connectivity index is 0.00000520. The highest BCUT2D eigenvalue weighted by atomic mass is 35.5. The van der Waals surface area contributed by atoms with Gasteiger partial charge in [0, 0.05) is 47.7 Å². The molecule has 0 bridgehead atoms. The number of benzene rings is 3. The lowest BCUT2D eigenvalue weighted by molar-refractivity contribution is -0.132. The van der Waals surface area contributed by atoms with Gasteiger partial charge in [-0.05, 0) is 79.1 Å². The third-order valence-electron chi connectivity index (χ3n) is 7.95. The average molecular weight is 710 g/mol. The van der Waals surface area contributed by atoms with E-state index in [0.29, 0.717) is 34.6 Å². The van der Waals surface area contributed by atoms with Crippen molar-refractivity contribution < 1.29 is 9.18 Å². The molecule has 0 fully saturated rings. The number of H-pyrrole nitrogens is 1. The third-order valence-corrected chi connectivity index (χ3v) is 9.26. The van der Waals surface area contributed by atoms with Crippen LogP contribution < -0.4 is 5.56 Å². The van der Waals surface area contributed by atoms with Gasteiger partial charge in [-0.15, -0.1) is 12.4 Å². The fourth-order valence-corrected chi connectivity index (χ4v) is 6.25. The number of rotatable bonds is 14. The highest BCUT2D eigenvalue weighted by Crippen LogP contribution is 2.26. The van der Waals surface area contributed by atoms with Crippen LogP contribution in [0.4, 0.5) is 4.39 Å². The molecule has 0 aliphatic carbocycles. The molecule has 0 aliphatic heterocycles. The summed E-state index contributed by atoms with van der Waals surface area (Å²) in [6.45, 7) is 3.78. The number of hydrogen-bond acceptors (Lipinski definition) is 6. The third kappa shape index (κ3) is 10.0. The summed E-state index contributed by atoms with van der Waals surface area (Å²) in [6.07, 6.45) is 5.98. The van der Waals surface area contributed by atoms with Crippen LogP contribution in [0.1, 0.15) is 41.5 Å². The molecule has 2 heterocycles. The van der Waals surface area contributed by atoms with E-state index < -0.39 is 0 Å². The van der Waals surface area contributed by atoms with Crippen LogP contribution in [0.2, 0.25) is 5.02 Å². The number of carbonyl (C=O) groups is 1. The fraction of sp³-hybridized carbons (Fsp3) is 0.278. The first-order valence-corrected chi connectivity index (χ1v) is 16.8. The van der Waals surface area contributed by atoms with Crippen molar-refractivity contribution in [3.63, 3.8) is 0 Å². The van der Waals surface area contributed by atoms with Crippen molar-refractivity contribution in [2.45, 2.75) is 43.3 Å². The van der Waals surface area contributed by atoms with E-state index in [0.717, 1.165) is 40.8 Å². The van der Waals surface area contributed by atoms with Gasteiger partial charge in [0.2, 0.25) is 5.91 Å². The second kappa shape index (κ2) is 17.4. The summed E-state index contributed by atoms with van der Waals surface area (Å²) in [5.41, 5.74) is 5.00. The largest absolute Gasteiger partial charge is 0.337 e. The van der Waals surface area contributed by atoms with Gasteiger partial charge in [-0.25, -0.2) is 4.39 Å². The molecule has 5 aromatic rings. The maximum atomic E-state index is 14.1. The Bertz CT molecular complexity index is 1820. The molecule has 1 amide bonds. The number of nitrogens with zero attached hydrogens (tertiary/aromatic N) is 5. The summed E-state index contributed by atoms with van der Waals surface area (Å²) in [4.78, 5) is 35.8. The second-order valence-corrected chi connectivity index (χ2v) is 13.1. The first-order valence-electron chi connectivity index (χ1n) is 15.4. The Hall–Kier alpha value is -3.96. The lowest BCUT2D eigenvalue weighted by Crippen LogP contribution is -2.36. The molecule has 1 unspecified atom stereocenters. The highest BCUT2D eigenvalue weighted by Gasteiger charge is 2.21. The molecule has 1 atom stereocenters. The van der Waals surface area contributed by atoms with Crippen molar-refractivity contribution in [2.24, 2.45) is 0 Å². The molecule has 12 heteroatoms. The van der Waals surface area contributed by atoms with Gasteiger partial charge in [0.05, 0.1) is 6.20 Å². The molecule has 8 nitrogen and oxygen atoms in total. The number of aromatic nitrogens is 4. The van der Waals surface area contributed by atoms with Gasteiger partial charge >= 0.3 is 0 Å². The van der Waals surface area contributed by atoms with E-state index in [9.17, 15) is 14.0 Å². The molecule has 252 valence electrons. The van der Waals surface area contributed by atoms with Gasteiger partial charge in [0.15, 0.2) is 5.16 Å². The molecule has 0 saturated heterocycles. The number of carbonyl (C=O) groups excluding carboxylic acids is 1. The van der Waals surface area contributed by atoms with Crippen molar-refractivity contribution in [3.8, 4) is 11.1 Å². The smallest absolute Gasteiger partial charge is 0.277 e. The number of halogens is 3.